The third-order valence-corrected chi connectivity index (χ3v) is 2.75. The molecule has 0 aliphatic carbocycles. The lowest BCUT2D eigenvalue weighted by atomic mass is 10.4. The lowest BCUT2D eigenvalue weighted by Crippen LogP contribution is -2.13. The van der Waals surface area contributed by atoms with Gasteiger partial charge in [-0.15, -0.1) is 0 Å². The highest BCUT2D eigenvalue weighted by Gasteiger charge is 2.03. The second kappa shape index (κ2) is 4.76. The zero-order valence-electron chi connectivity index (χ0n) is 8.42. The lowest BCUT2D eigenvalue weighted by Gasteiger charge is -2.01. The minimum atomic E-state index is -0.0442. The Balaban J connectivity index is 2.22. The average molecular weight is 230 g/mol. The van der Waals surface area contributed by atoms with Crippen LogP contribution in [0.15, 0.2) is 52.6 Å². The van der Waals surface area contributed by atoms with Crippen molar-refractivity contribution in [3.05, 3.63) is 48.3 Å². The molecule has 2 rings (SSSR count). The molecule has 16 heavy (non-hydrogen) atoms. The maximum atomic E-state index is 7.29. The van der Waals surface area contributed by atoms with E-state index in [1.54, 1.807) is 12.3 Å². The molecule has 0 spiro atoms. The Bertz CT molecular complexity index is 498. The molecule has 0 aliphatic heterocycles. The normalized spacial score (nSPS) is 10.0. The fraction of sp³-hybridized carbons (Fsp3) is 0. The fourth-order valence-electron chi connectivity index (χ4n) is 1.13. The Morgan fingerprint density at radius 3 is 2.62 bits per heavy atom. The van der Waals surface area contributed by atoms with E-state index in [0.29, 0.717) is 10.9 Å². The lowest BCUT2D eigenvalue weighted by molar-refractivity contribution is 0.954. The zero-order valence-corrected chi connectivity index (χ0v) is 9.24. The van der Waals surface area contributed by atoms with Crippen LogP contribution in [0.1, 0.15) is 5.69 Å². The van der Waals surface area contributed by atoms with E-state index in [1.807, 2.05) is 30.3 Å². The number of hydrogen-bond donors (Lipinski definition) is 2. The van der Waals surface area contributed by atoms with Crippen LogP contribution in [0.25, 0.3) is 0 Å². The molecule has 0 saturated carbocycles. The smallest absolute Gasteiger partial charge is 0.193 e. The third kappa shape index (κ3) is 2.58. The van der Waals surface area contributed by atoms with Gasteiger partial charge in [0, 0.05) is 11.1 Å². The number of benzene rings is 1. The summed E-state index contributed by atoms with van der Waals surface area (Å²) in [4.78, 5) is 9.35. The van der Waals surface area contributed by atoms with Gasteiger partial charge in [-0.3, -0.25) is 5.41 Å². The van der Waals surface area contributed by atoms with Crippen molar-refractivity contribution in [3.63, 3.8) is 0 Å². The summed E-state index contributed by atoms with van der Waals surface area (Å²) in [6, 6.07) is 11.4. The summed E-state index contributed by atoms with van der Waals surface area (Å²) in [5.74, 6) is -0.0442. The highest BCUT2D eigenvalue weighted by atomic mass is 32.2. The monoisotopic (exact) mass is 230 g/mol. The van der Waals surface area contributed by atoms with Crippen LogP contribution in [0.2, 0.25) is 0 Å². The van der Waals surface area contributed by atoms with E-state index in [4.69, 9.17) is 11.1 Å². The van der Waals surface area contributed by atoms with Gasteiger partial charge >= 0.3 is 0 Å². The second-order valence-electron chi connectivity index (χ2n) is 3.05. The highest BCUT2D eigenvalue weighted by Crippen LogP contribution is 2.23. The molecule has 5 heteroatoms. The predicted octanol–water partition coefficient (Wildman–Crippen LogP) is 1.91. The quantitative estimate of drug-likeness (QED) is 0.480. The summed E-state index contributed by atoms with van der Waals surface area (Å²) in [7, 11) is 0. The van der Waals surface area contributed by atoms with Crippen LogP contribution in [0.4, 0.5) is 0 Å². The first-order chi connectivity index (χ1) is 7.75. The van der Waals surface area contributed by atoms with Gasteiger partial charge in [0.2, 0.25) is 0 Å². The van der Waals surface area contributed by atoms with Gasteiger partial charge in [0.05, 0.1) is 0 Å². The first-order valence-corrected chi connectivity index (χ1v) is 5.48. The van der Waals surface area contributed by atoms with Gasteiger partial charge in [-0.05, 0) is 30.0 Å². The Morgan fingerprint density at radius 2 is 1.94 bits per heavy atom. The Labute approximate surface area is 97.4 Å². The molecule has 0 aliphatic rings. The number of hydrogen-bond acceptors (Lipinski definition) is 4. The molecule has 0 amide bonds. The van der Waals surface area contributed by atoms with Gasteiger partial charge in [-0.2, -0.15) is 0 Å². The van der Waals surface area contributed by atoms with Crippen LogP contribution in [0.3, 0.4) is 0 Å². The number of rotatable bonds is 3. The molecule has 80 valence electrons. The number of amidine groups is 1. The van der Waals surface area contributed by atoms with E-state index >= 15 is 0 Å². The van der Waals surface area contributed by atoms with Gasteiger partial charge < -0.3 is 5.73 Å². The molecule has 0 atom stereocenters. The number of nitrogens with zero attached hydrogens (tertiary/aromatic N) is 2. The summed E-state index contributed by atoms with van der Waals surface area (Å²) in [6.45, 7) is 0. The van der Waals surface area contributed by atoms with Crippen LogP contribution in [-0.2, 0) is 0 Å². The van der Waals surface area contributed by atoms with E-state index in [9.17, 15) is 0 Å². The molecular weight excluding hydrogens is 220 g/mol. The van der Waals surface area contributed by atoms with Gasteiger partial charge in [-0.25, -0.2) is 9.97 Å². The number of nitrogens with two attached hydrogens (primary N) is 1. The zero-order chi connectivity index (χ0) is 11.4. The minimum absolute atomic E-state index is 0.0442. The van der Waals surface area contributed by atoms with Crippen LogP contribution in [0, 0.1) is 5.41 Å². The van der Waals surface area contributed by atoms with Gasteiger partial charge in [0.15, 0.2) is 5.16 Å². The van der Waals surface area contributed by atoms with E-state index in [-0.39, 0.29) is 5.84 Å². The van der Waals surface area contributed by atoms with E-state index in [1.165, 1.54) is 11.8 Å². The molecule has 0 unspecified atom stereocenters. The standard InChI is InChI=1S/C11H10N4S/c12-10(13)9-6-7-14-11(15-9)16-8-4-2-1-3-5-8/h1-7H,(H3,12,13). The fourth-order valence-corrected chi connectivity index (χ4v) is 1.90. The number of nitrogens with one attached hydrogen (secondary N) is 1. The van der Waals surface area contributed by atoms with Crippen molar-refractivity contribution >= 4 is 17.6 Å². The summed E-state index contributed by atoms with van der Waals surface area (Å²) < 4.78 is 0. The van der Waals surface area contributed by atoms with E-state index in [2.05, 4.69) is 9.97 Å². The number of aromatic nitrogens is 2. The molecule has 0 fully saturated rings. The van der Waals surface area contributed by atoms with Crippen molar-refractivity contribution in [1.29, 1.82) is 5.41 Å². The maximum absolute atomic E-state index is 7.29. The molecule has 1 heterocycles. The van der Waals surface area contributed by atoms with Crippen molar-refractivity contribution in [3.8, 4) is 0 Å². The molecule has 1 aromatic heterocycles. The Morgan fingerprint density at radius 1 is 1.19 bits per heavy atom. The van der Waals surface area contributed by atoms with Gasteiger partial charge in [0.25, 0.3) is 0 Å². The van der Waals surface area contributed by atoms with Crippen LogP contribution in [0.5, 0.6) is 0 Å². The topological polar surface area (TPSA) is 75.7 Å². The summed E-state index contributed by atoms with van der Waals surface area (Å²) in [5.41, 5.74) is 5.81. The largest absolute Gasteiger partial charge is 0.382 e. The molecule has 0 saturated heterocycles. The van der Waals surface area contributed by atoms with Crippen LogP contribution < -0.4 is 5.73 Å². The van der Waals surface area contributed by atoms with Crippen LogP contribution in [-0.4, -0.2) is 15.8 Å². The van der Waals surface area contributed by atoms with Crippen molar-refractivity contribution in [2.45, 2.75) is 10.1 Å². The van der Waals surface area contributed by atoms with Crippen LogP contribution >= 0.6 is 11.8 Å². The average Bonchev–Trinajstić information content (AvgIpc) is 2.30. The SMILES string of the molecule is N=C(N)c1ccnc(Sc2ccccc2)n1. The molecular formula is C11H10N4S. The molecule has 3 N–H and O–H groups in total. The first kappa shape index (κ1) is 10.6. The summed E-state index contributed by atoms with van der Waals surface area (Å²) in [6.07, 6.45) is 1.61. The first-order valence-electron chi connectivity index (χ1n) is 4.66. The van der Waals surface area contributed by atoms with Crippen molar-refractivity contribution in [2.75, 3.05) is 0 Å². The van der Waals surface area contributed by atoms with E-state index in [0.717, 1.165) is 4.90 Å². The minimum Gasteiger partial charge on any atom is -0.382 e. The molecule has 0 radical (unpaired) electrons. The highest BCUT2D eigenvalue weighted by molar-refractivity contribution is 7.99. The van der Waals surface area contributed by atoms with Gasteiger partial charge in [0.1, 0.15) is 11.5 Å². The predicted molar refractivity (Wildman–Crippen MR) is 63.6 cm³/mol. The summed E-state index contributed by atoms with van der Waals surface area (Å²) in [5, 5.41) is 7.89. The Kier molecular flexibility index (Phi) is 3.16. The van der Waals surface area contributed by atoms with Gasteiger partial charge in [-0.1, -0.05) is 18.2 Å². The Hall–Kier alpha value is -1.88. The molecule has 1 aromatic carbocycles. The van der Waals surface area contributed by atoms with Crippen molar-refractivity contribution in [2.24, 2.45) is 5.73 Å². The third-order valence-electron chi connectivity index (χ3n) is 1.86. The maximum Gasteiger partial charge on any atom is 0.193 e. The van der Waals surface area contributed by atoms with Crippen molar-refractivity contribution in [1.82, 2.24) is 9.97 Å². The summed E-state index contributed by atoms with van der Waals surface area (Å²) >= 11 is 1.44. The number of nitrogen functional groups attached to an aromatic ring is 1. The second-order valence-corrected chi connectivity index (χ2v) is 4.09. The molecule has 0 bridgehead atoms. The van der Waals surface area contributed by atoms with Crippen molar-refractivity contribution < 1.29 is 0 Å². The van der Waals surface area contributed by atoms with E-state index < -0.39 is 0 Å². The molecule has 4 nitrogen and oxygen atoms in total. The molecule has 2 aromatic rings.